The molecule has 12 heteroatoms. The molecule has 2 aromatic carbocycles. The second-order valence-corrected chi connectivity index (χ2v) is 13.4. The quantitative estimate of drug-likeness (QED) is 0.320. The molecule has 0 aliphatic carbocycles. The van der Waals surface area contributed by atoms with Crippen molar-refractivity contribution in [1.82, 2.24) is 35.3 Å². The topological polar surface area (TPSA) is 120 Å². The molecule has 0 spiro atoms. The van der Waals surface area contributed by atoms with Crippen molar-refractivity contribution in [2.45, 2.75) is 69.1 Å². The summed E-state index contributed by atoms with van der Waals surface area (Å²) >= 11 is 0. The number of benzene rings is 2. The molecule has 1 unspecified atom stereocenters. The molecule has 4 saturated heterocycles. The molecule has 8 rings (SSSR count). The Morgan fingerprint density at radius 1 is 1.20 bits per heavy atom. The second-order valence-electron chi connectivity index (χ2n) is 13.4. The fraction of sp³-hybridized carbons (Fsp3) is 0.500. The molecule has 2 bridgehead atoms. The van der Waals surface area contributed by atoms with Crippen molar-refractivity contribution in [2.24, 2.45) is 0 Å². The van der Waals surface area contributed by atoms with Crippen LogP contribution in [0.3, 0.4) is 0 Å². The second kappa shape index (κ2) is 11.0. The number of anilines is 1. The first-order valence-electron chi connectivity index (χ1n) is 16.4. The van der Waals surface area contributed by atoms with Gasteiger partial charge < -0.3 is 25.0 Å². The Balaban J connectivity index is 1.29. The molecular formula is C34H39FN8O3. The predicted molar refractivity (Wildman–Crippen MR) is 172 cm³/mol. The molecule has 2 aromatic heterocycles. The lowest BCUT2D eigenvalue weighted by Crippen LogP contribution is -2.46. The molecule has 1 amide bonds. The number of nitrogens with one attached hydrogen (secondary N) is 1. The Labute approximate surface area is 266 Å². The molecule has 46 heavy (non-hydrogen) atoms. The maximum atomic E-state index is 17.1. The summed E-state index contributed by atoms with van der Waals surface area (Å²) in [6.45, 7) is 4.77. The monoisotopic (exact) mass is 626 g/mol. The number of phenols is 1. The minimum Gasteiger partial charge on any atom is -0.508 e. The van der Waals surface area contributed by atoms with Gasteiger partial charge in [-0.15, -0.1) is 10.2 Å². The van der Waals surface area contributed by atoms with E-state index in [1.807, 2.05) is 18.2 Å². The third-order valence-electron chi connectivity index (χ3n) is 10.6. The highest BCUT2D eigenvalue weighted by Gasteiger charge is 2.53. The van der Waals surface area contributed by atoms with Crippen LogP contribution in [0.15, 0.2) is 30.3 Å². The number of piperazine rings is 1. The number of aromatic hydroxyl groups is 1. The van der Waals surface area contributed by atoms with Gasteiger partial charge in [0, 0.05) is 50.9 Å². The first-order chi connectivity index (χ1) is 22.3. The van der Waals surface area contributed by atoms with Crippen LogP contribution in [0.4, 0.5) is 15.0 Å². The maximum Gasteiger partial charge on any atom is 0.409 e. The van der Waals surface area contributed by atoms with Crippen LogP contribution in [-0.4, -0.2) is 99.6 Å². The first kappa shape index (κ1) is 29.3. The van der Waals surface area contributed by atoms with E-state index in [4.69, 9.17) is 14.7 Å². The summed E-state index contributed by atoms with van der Waals surface area (Å²) < 4.78 is 22.7. The lowest BCUT2D eigenvalue weighted by molar-refractivity contribution is 0.0660. The number of carbonyl (C=O) groups excluding carboxylic acids is 1. The molecule has 4 atom stereocenters. The lowest BCUT2D eigenvalue weighted by Gasteiger charge is -2.35. The van der Waals surface area contributed by atoms with E-state index < -0.39 is 11.4 Å². The van der Waals surface area contributed by atoms with E-state index >= 15 is 4.39 Å². The van der Waals surface area contributed by atoms with Crippen LogP contribution in [-0.2, 0) is 16.7 Å². The number of carbonyl (C=O) groups is 1. The average Bonchev–Trinajstić information content (AvgIpc) is 3.85. The number of hydrogen-bond acceptors (Lipinski definition) is 10. The Hall–Kier alpha value is -4.16. The van der Waals surface area contributed by atoms with E-state index in [0.29, 0.717) is 28.8 Å². The Bertz CT molecular complexity index is 1870. The summed E-state index contributed by atoms with van der Waals surface area (Å²) in [6, 6.07) is 9.76. The minimum atomic E-state index is -0.564. The predicted octanol–water partition coefficient (Wildman–Crippen LogP) is 4.35. The molecule has 0 radical (unpaired) electrons. The van der Waals surface area contributed by atoms with Crippen LogP contribution in [0.5, 0.6) is 5.75 Å². The fourth-order valence-corrected chi connectivity index (χ4v) is 8.40. The summed E-state index contributed by atoms with van der Waals surface area (Å²) in [4.78, 5) is 28.6. The van der Waals surface area contributed by atoms with Crippen molar-refractivity contribution < 1.29 is 19.0 Å². The van der Waals surface area contributed by atoms with Crippen LogP contribution in [0.25, 0.3) is 33.1 Å². The zero-order valence-corrected chi connectivity index (χ0v) is 26.5. The van der Waals surface area contributed by atoms with Gasteiger partial charge in [-0.1, -0.05) is 25.1 Å². The van der Waals surface area contributed by atoms with Crippen molar-refractivity contribution in [3.63, 3.8) is 0 Å². The molecule has 4 aliphatic heterocycles. The van der Waals surface area contributed by atoms with Crippen molar-refractivity contribution in [2.75, 3.05) is 45.2 Å². The van der Waals surface area contributed by atoms with E-state index in [2.05, 4.69) is 32.2 Å². The van der Waals surface area contributed by atoms with E-state index in [9.17, 15) is 9.90 Å². The van der Waals surface area contributed by atoms with Gasteiger partial charge in [-0.3, -0.25) is 4.90 Å². The number of rotatable bonds is 6. The van der Waals surface area contributed by atoms with Gasteiger partial charge in [-0.25, -0.2) is 19.2 Å². The zero-order chi connectivity index (χ0) is 31.7. The number of halogens is 1. The summed E-state index contributed by atoms with van der Waals surface area (Å²) in [7, 11) is 3.35. The molecule has 4 aliphatic rings. The third kappa shape index (κ3) is 4.48. The van der Waals surface area contributed by atoms with Gasteiger partial charge in [0.1, 0.15) is 23.6 Å². The van der Waals surface area contributed by atoms with E-state index in [-0.39, 0.29) is 41.7 Å². The van der Waals surface area contributed by atoms with E-state index in [0.717, 1.165) is 74.5 Å². The van der Waals surface area contributed by atoms with Crippen LogP contribution < -0.4 is 10.2 Å². The first-order valence-corrected chi connectivity index (χ1v) is 16.4. The Morgan fingerprint density at radius 3 is 2.83 bits per heavy atom. The lowest BCUT2D eigenvalue weighted by atomic mass is 9.92. The van der Waals surface area contributed by atoms with Crippen LogP contribution >= 0.6 is 0 Å². The van der Waals surface area contributed by atoms with Gasteiger partial charge in [-0.05, 0) is 73.5 Å². The molecule has 240 valence electrons. The summed E-state index contributed by atoms with van der Waals surface area (Å²) in [5, 5.41) is 25.0. The van der Waals surface area contributed by atoms with Crippen molar-refractivity contribution in [1.29, 1.82) is 0 Å². The number of aromatic nitrogens is 4. The molecule has 11 nitrogen and oxygen atoms in total. The van der Waals surface area contributed by atoms with Gasteiger partial charge in [-0.2, -0.15) is 0 Å². The van der Waals surface area contributed by atoms with Crippen LogP contribution in [0.1, 0.15) is 50.4 Å². The average molecular weight is 627 g/mol. The van der Waals surface area contributed by atoms with Gasteiger partial charge >= 0.3 is 6.09 Å². The largest absolute Gasteiger partial charge is 0.508 e. The molecule has 4 aromatic rings. The molecule has 6 heterocycles. The fourth-order valence-electron chi connectivity index (χ4n) is 8.40. The third-order valence-corrected chi connectivity index (χ3v) is 10.6. The van der Waals surface area contributed by atoms with Crippen LogP contribution in [0.2, 0.25) is 0 Å². The normalized spacial score (nSPS) is 25.6. The van der Waals surface area contributed by atoms with Crippen molar-refractivity contribution in [3.8, 4) is 17.0 Å². The molecule has 4 fully saturated rings. The van der Waals surface area contributed by atoms with Crippen LogP contribution in [0, 0.1) is 5.82 Å². The number of nitrogens with zero attached hydrogens (tertiary/aromatic N) is 7. The number of fused-ring (bicyclic) bond motifs is 5. The molecule has 2 N–H and O–H groups in total. The Morgan fingerprint density at radius 2 is 2.07 bits per heavy atom. The maximum absolute atomic E-state index is 17.1. The molecular weight excluding hydrogens is 587 g/mol. The highest BCUT2D eigenvalue weighted by Crippen LogP contribution is 2.50. The van der Waals surface area contributed by atoms with Gasteiger partial charge in [0.15, 0.2) is 23.0 Å². The smallest absolute Gasteiger partial charge is 0.409 e. The zero-order valence-electron chi connectivity index (χ0n) is 26.5. The minimum absolute atomic E-state index is 0.0308. The van der Waals surface area contributed by atoms with E-state index in [1.54, 1.807) is 26.2 Å². The molecule has 0 saturated carbocycles. The standard InChI is InChI=1S/C34H39FN8O3/c1-4-19-7-5-8-20-13-24(44)15-25(26(19)20)28-27(35)29-30(40-39-28)31(42-17-21-14-23(42)16-36-21)38-32(37-29)34-10-6-12-43(34)22(9-11-34)18-46-33(45)41(2)3/h5,7-8,13,15,21-23,36,44H,4,6,9-12,14,16-18H2,1-3H3/t21-,22-,23-,34?/m1/s1. The van der Waals surface area contributed by atoms with E-state index in [1.165, 1.54) is 4.90 Å². The summed E-state index contributed by atoms with van der Waals surface area (Å²) in [5.41, 5.74) is 1.61. The summed E-state index contributed by atoms with van der Waals surface area (Å²) in [5.74, 6) is 0.697. The SMILES string of the molecule is CCc1cccc2cc(O)cc(-c3nnc4c(N5C[C@H]6C[C@@H]5CN6)nc(C56CCCN5[C@@H](COC(=O)N(C)C)CC6)nc4c3F)c12. The van der Waals surface area contributed by atoms with Gasteiger partial charge in [0.05, 0.1) is 5.54 Å². The Kier molecular flexibility index (Phi) is 6.98. The van der Waals surface area contributed by atoms with Crippen molar-refractivity contribution >= 4 is 33.7 Å². The van der Waals surface area contributed by atoms with Gasteiger partial charge in [0.25, 0.3) is 0 Å². The number of hydrogen-bond donors (Lipinski definition) is 2. The van der Waals surface area contributed by atoms with Crippen molar-refractivity contribution in [3.05, 3.63) is 47.5 Å². The number of phenolic OH excluding ortho intramolecular Hbond substituents is 1. The highest BCUT2D eigenvalue weighted by molar-refractivity contribution is 6.01. The summed E-state index contributed by atoms with van der Waals surface area (Å²) in [6.07, 6.45) is 4.78. The highest BCUT2D eigenvalue weighted by atomic mass is 19.1. The number of ether oxygens (including phenoxy) is 1. The number of amides is 1. The number of aryl methyl sites for hydroxylation is 1. The van der Waals surface area contributed by atoms with Gasteiger partial charge in [0.2, 0.25) is 0 Å².